The maximum atomic E-state index is 5.99. The average molecular weight is 337 g/mol. The van der Waals surface area contributed by atoms with Crippen LogP contribution in [0.5, 0.6) is 0 Å². The SMILES string of the molecule is CC(CN)(Cc1ccc(Br)cc1)NCCC1=CCCC1. The molecule has 0 aliphatic heterocycles. The van der Waals surface area contributed by atoms with E-state index < -0.39 is 0 Å². The average Bonchev–Trinajstić information content (AvgIpc) is 2.95. The third kappa shape index (κ3) is 4.72. The van der Waals surface area contributed by atoms with E-state index in [9.17, 15) is 0 Å². The van der Waals surface area contributed by atoms with Crippen molar-refractivity contribution in [1.29, 1.82) is 0 Å². The second-order valence-electron chi connectivity index (χ2n) is 6.00. The number of rotatable bonds is 7. The summed E-state index contributed by atoms with van der Waals surface area (Å²) < 4.78 is 1.12. The van der Waals surface area contributed by atoms with Gasteiger partial charge in [-0.1, -0.05) is 39.7 Å². The summed E-state index contributed by atoms with van der Waals surface area (Å²) >= 11 is 3.48. The van der Waals surface area contributed by atoms with Crippen LogP contribution in [0, 0.1) is 0 Å². The van der Waals surface area contributed by atoms with E-state index in [0.717, 1.165) is 23.9 Å². The minimum Gasteiger partial charge on any atom is -0.329 e. The number of benzene rings is 1. The quantitative estimate of drug-likeness (QED) is 0.743. The summed E-state index contributed by atoms with van der Waals surface area (Å²) in [6.07, 6.45) is 8.42. The van der Waals surface area contributed by atoms with Crippen molar-refractivity contribution in [2.45, 2.75) is 44.6 Å². The van der Waals surface area contributed by atoms with E-state index in [1.807, 2.05) is 0 Å². The molecule has 1 unspecified atom stereocenters. The zero-order valence-electron chi connectivity index (χ0n) is 12.3. The number of nitrogens with one attached hydrogen (secondary N) is 1. The molecule has 2 rings (SSSR count). The predicted octanol–water partition coefficient (Wildman–Crippen LogP) is 3.80. The maximum Gasteiger partial charge on any atom is 0.0316 e. The Labute approximate surface area is 131 Å². The van der Waals surface area contributed by atoms with E-state index >= 15 is 0 Å². The Morgan fingerprint density at radius 1 is 1.30 bits per heavy atom. The summed E-state index contributed by atoms with van der Waals surface area (Å²) in [6.45, 7) is 3.90. The molecule has 0 saturated carbocycles. The van der Waals surface area contributed by atoms with Crippen LogP contribution in [0.1, 0.15) is 38.2 Å². The van der Waals surface area contributed by atoms with Crippen molar-refractivity contribution in [2.75, 3.05) is 13.1 Å². The third-order valence-corrected chi connectivity index (χ3v) is 4.62. The molecular weight excluding hydrogens is 312 g/mol. The lowest BCUT2D eigenvalue weighted by atomic mass is 9.92. The Bertz CT molecular complexity index is 453. The van der Waals surface area contributed by atoms with E-state index in [1.165, 1.54) is 24.8 Å². The summed E-state index contributed by atoms with van der Waals surface area (Å²) in [4.78, 5) is 0. The molecule has 0 amide bonds. The molecule has 0 heterocycles. The van der Waals surface area contributed by atoms with Crippen LogP contribution < -0.4 is 11.1 Å². The van der Waals surface area contributed by atoms with Gasteiger partial charge >= 0.3 is 0 Å². The monoisotopic (exact) mass is 336 g/mol. The van der Waals surface area contributed by atoms with Crippen molar-refractivity contribution in [3.05, 3.63) is 46.0 Å². The minimum absolute atomic E-state index is 0.0208. The van der Waals surface area contributed by atoms with Gasteiger partial charge in [0.2, 0.25) is 0 Å². The zero-order chi connectivity index (χ0) is 14.4. The molecule has 0 saturated heterocycles. The molecule has 1 aliphatic rings. The molecule has 0 radical (unpaired) electrons. The number of allylic oxidation sites excluding steroid dienone is 1. The van der Waals surface area contributed by atoms with Gasteiger partial charge in [0.25, 0.3) is 0 Å². The largest absolute Gasteiger partial charge is 0.329 e. The molecule has 1 aliphatic carbocycles. The molecule has 0 spiro atoms. The first-order chi connectivity index (χ1) is 9.61. The van der Waals surface area contributed by atoms with Crippen molar-refractivity contribution in [3.63, 3.8) is 0 Å². The van der Waals surface area contributed by atoms with Crippen molar-refractivity contribution in [1.82, 2.24) is 5.32 Å². The molecule has 3 N–H and O–H groups in total. The smallest absolute Gasteiger partial charge is 0.0316 e. The molecular formula is C17H25BrN2. The van der Waals surface area contributed by atoms with Gasteiger partial charge < -0.3 is 11.1 Å². The van der Waals surface area contributed by atoms with Crippen LogP contribution >= 0.6 is 15.9 Å². The fourth-order valence-electron chi connectivity index (χ4n) is 2.75. The van der Waals surface area contributed by atoms with Crippen molar-refractivity contribution < 1.29 is 0 Å². The maximum absolute atomic E-state index is 5.99. The topological polar surface area (TPSA) is 38.0 Å². The van der Waals surface area contributed by atoms with Crippen LogP contribution in [0.4, 0.5) is 0 Å². The second-order valence-corrected chi connectivity index (χ2v) is 6.92. The van der Waals surface area contributed by atoms with E-state index in [2.05, 4.69) is 58.5 Å². The Kier molecular flexibility index (Phi) is 5.82. The van der Waals surface area contributed by atoms with Crippen molar-refractivity contribution >= 4 is 15.9 Å². The number of hydrogen-bond acceptors (Lipinski definition) is 2. The fraction of sp³-hybridized carbons (Fsp3) is 0.529. The van der Waals surface area contributed by atoms with Crippen LogP contribution in [0.2, 0.25) is 0 Å². The first-order valence-electron chi connectivity index (χ1n) is 7.49. The number of hydrogen-bond donors (Lipinski definition) is 2. The van der Waals surface area contributed by atoms with Gasteiger partial charge in [-0.3, -0.25) is 0 Å². The predicted molar refractivity (Wildman–Crippen MR) is 89.9 cm³/mol. The van der Waals surface area contributed by atoms with Gasteiger partial charge in [0, 0.05) is 16.6 Å². The van der Waals surface area contributed by atoms with Gasteiger partial charge in [0.05, 0.1) is 0 Å². The van der Waals surface area contributed by atoms with Gasteiger partial charge in [0.1, 0.15) is 0 Å². The summed E-state index contributed by atoms with van der Waals surface area (Å²) in [6, 6.07) is 8.52. The highest BCUT2D eigenvalue weighted by atomic mass is 79.9. The van der Waals surface area contributed by atoms with Crippen molar-refractivity contribution in [2.24, 2.45) is 5.73 Å². The lowest BCUT2D eigenvalue weighted by Crippen LogP contribution is -2.50. The highest BCUT2D eigenvalue weighted by Gasteiger charge is 2.22. The summed E-state index contributed by atoms with van der Waals surface area (Å²) in [5, 5.41) is 3.66. The molecule has 1 aromatic carbocycles. The normalized spacial score (nSPS) is 17.9. The first kappa shape index (κ1) is 15.7. The number of nitrogens with two attached hydrogens (primary N) is 1. The van der Waals surface area contributed by atoms with E-state index in [-0.39, 0.29) is 5.54 Å². The van der Waals surface area contributed by atoms with Crippen LogP contribution in [-0.4, -0.2) is 18.6 Å². The molecule has 0 bridgehead atoms. The van der Waals surface area contributed by atoms with Gasteiger partial charge in [-0.15, -0.1) is 0 Å². The van der Waals surface area contributed by atoms with Crippen LogP contribution in [0.25, 0.3) is 0 Å². The highest BCUT2D eigenvalue weighted by Crippen LogP contribution is 2.21. The van der Waals surface area contributed by atoms with E-state index in [0.29, 0.717) is 6.54 Å². The fourth-order valence-corrected chi connectivity index (χ4v) is 3.01. The first-order valence-corrected chi connectivity index (χ1v) is 8.28. The van der Waals surface area contributed by atoms with Gasteiger partial charge in [-0.05, 0) is 63.3 Å². The molecule has 0 aromatic heterocycles. The number of halogens is 1. The van der Waals surface area contributed by atoms with Crippen molar-refractivity contribution in [3.8, 4) is 0 Å². The molecule has 20 heavy (non-hydrogen) atoms. The zero-order valence-corrected chi connectivity index (χ0v) is 13.9. The molecule has 2 nitrogen and oxygen atoms in total. The van der Waals surface area contributed by atoms with Gasteiger partial charge in [-0.2, -0.15) is 0 Å². The lowest BCUT2D eigenvalue weighted by Gasteiger charge is -2.30. The summed E-state index contributed by atoms with van der Waals surface area (Å²) in [7, 11) is 0. The standard InChI is InChI=1S/C17H25BrN2/c1-17(13-19,12-15-6-8-16(18)9-7-15)20-11-10-14-4-2-3-5-14/h4,6-9,20H,2-3,5,10-13,19H2,1H3. The lowest BCUT2D eigenvalue weighted by molar-refractivity contribution is 0.363. The van der Waals surface area contributed by atoms with Crippen LogP contribution in [-0.2, 0) is 6.42 Å². The Hall–Kier alpha value is -0.640. The summed E-state index contributed by atoms with van der Waals surface area (Å²) in [5.74, 6) is 0. The Morgan fingerprint density at radius 2 is 2.05 bits per heavy atom. The van der Waals surface area contributed by atoms with Crippen LogP contribution in [0.3, 0.4) is 0 Å². The molecule has 1 aromatic rings. The molecule has 0 fully saturated rings. The molecule has 110 valence electrons. The van der Waals surface area contributed by atoms with Gasteiger partial charge in [0.15, 0.2) is 0 Å². The van der Waals surface area contributed by atoms with Gasteiger partial charge in [-0.25, -0.2) is 0 Å². The highest BCUT2D eigenvalue weighted by molar-refractivity contribution is 9.10. The third-order valence-electron chi connectivity index (χ3n) is 4.09. The minimum atomic E-state index is -0.0208. The van der Waals surface area contributed by atoms with E-state index in [1.54, 1.807) is 5.57 Å². The molecule has 1 atom stereocenters. The molecule has 3 heteroatoms. The van der Waals surface area contributed by atoms with E-state index in [4.69, 9.17) is 5.73 Å². The Balaban J connectivity index is 1.85. The second kappa shape index (κ2) is 7.39. The summed E-state index contributed by atoms with van der Waals surface area (Å²) in [5.41, 5.74) is 8.91. The Morgan fingerprint density at radius 3 is 2.65 bits per heavy atom. The van der Waals surface area contributed by atoms with Crippen LogP contribution in [0.15, 0.2) is 40.4 Å².